The lowest BCUT2D eigenvalue weighted by Gasteiger charge is -2.07. The summed E-state index contributed by atoms with van der Waals surface area (Å²) < 4.78 is 13.1. The van der Waals surface area contributed by atoms with Crippen LogP contribution in [0, 0.1) is 5.82 Å². The van der Waals surface area contributed by atoms with Crippen molar-refractivity contribution in [1.29, 1.82) is 0 Å². The zero-order chi connectivity index (χ0) is 11.5. The quantitative estimate of drug-likeness (QED) is 0.779. The first-order valence-corrected chi connectivity index (χ1v) is 5.10. The number of anilines is 3. The number of hydrogen-bond donors (Lipinski definition) is 2. The van der Waals surface area contributed by atoms with Gasteiger partial charge in [-0.2, -0.15) is 0 Å². The monoisotopic (exact) mass is 236 g/mol. The van der Waals surface area contributed by atoms with Crippen molar-refractivity contribution in [1.82, 2.24) is 0 Å². The number of benzene rings is 2. The van der Waals surface area contributed by atoms with Crippen LogP contribution in [0.1, 0.15) is 0 Å². The van der Waals surface area contributed by atoms with Crippen LogP contribution in [-0.2, 0) is 0 Å². The maximum absolute atomic E-state index is 13.1. The molecule has 82 valence electrons. The van der Waals surface area contributed by atoms with E-state index in [-0.39, 0.29) is 5.82 Å². The minimum absolute atomic E-state index is 0.359. The van der Waals surface area contributed by atoms with Crippen LogP contribution >= 0.6 is 11.6 Å². The van der Waals surface area contributed by atoms with Crippen LogP contribution in [0.2, 0.25) is 5.02 Å². The van der Waals surface area contributed by atoms with Gasteiger partial charge in [-0.15, -0.1) is 0 Å². The summed E-state index contributed by atoms with van der Waals surface area (Å²) >= 11 is 5.74. The summed E-state index contributed by atoms with van der Waals surface area (Å²) in [6.07, 6.45) is 0. The van der Waals surface area contributed by atoms with Crippen molar-refractivity contribution in [2.45, 2.75) is 0 Å². The van der Waals surface area contributed by atoms with E-state index in [1.165, 1.54) is 12.1 Å². The molecule has 16 heavy (non-hydrogen) atoms. The lowest BCUT2D eigenvalue weighted by atomic mass is 10.2. The van der Waals surface area contributed by atoms with E-state index in [2.05, 4.69) is 5.32 Å². The summed E-state index contributed by atoms with van der Waals surface area (Å²) in [7, 11) is 0. The summed E-state index contributed by atoms with van der Waals surface area (Å²) in [5.41, 5.74) is 7.68. The summed E-state index contributed by atoms with van der Waals surface area (Å²) in [5, 5.41) is 3.39. The normalized spacial score (nSPS) is 10.1. The topological polar surface area (TPSA) is 38.0 Å². The number of rotatable bonds is 2. The highest BCUT2D eigenvalue weighted by atomic mass is 35.5. The molecule has 0 atom stereocenters. The molecule has 0 spiro atoms. The predicted octanol–water partition coefficient (Wildman–Crippen LogP) is 3.80. The van der Waals surface area contributed by atoms with Gasteiger partial charge < -0.3 is 11.1 Å². The Morgan fingerprint density at radius 2 is 1.69 bits per heavy atom. The van der Waals surface area contributed by atoms with Crippen molar-refractivity contribution in [3.63, 3.8) is 0 Å². The fourth-order valence-electron chi connectivity index (χ4n) is 1.36. The molecule has 0 unspecified atom stereocenters. The summed E-state index contributed by atoms with van der Waals surface area (Å²) in [6, 6.07) is 11.5. The fourth-order valence-corrected chi connectivity index (χ4v) is 1.58. The first-order valence-electron chi connectivity index (χ1n) is 4.72. The second-order valence-electron chi connectivity index (χ2n) is 3.41. The van der Waals surface area contributed by atoms with Gasteiger partial charge in [-0.25, -0.2) is 4.39 Å². The van der Waals surface area contributed by atoms with E-state index in [1.54, 1.807) is 18.2 Å². The van der Waals surface area contributed by atoms with Crippen LogP contribution in [-0.4, -0.2) is 0 Å². The van der Waals surface area contributed by atoms with Gasteiger partial charge >= 0.3 is 0 Å². The molecule has 2 aromatic carbocycles. The minimum Gasteiger partial charge on any atom is -0.399 e. The molecular weight excluding hydrogens is 227 g/mol. The lowest BCUT2D eigenvalue weighted by Crippen LogP contribution is -1.92. The van der Waals surface area contributed by atoms with Crippen LogP contribution in [0.25, 0.3) is 0 Å². The van der Waals surface area contributed by atoms with Crippen LogP contribution < -0.4 is 11.1 Å². The molecule has 0 amide bonds. The Morgan fingerprint density at radius 3 is 2.31 bits per heavy atom. The van der Waals surface area contributed by atoms with Crippen LogP contribution in [0.15, 0.2) is 42.5 Å². The van der Waals surface area contributed by atoms with Crippen molar-refractivity contribution >= 4 is 28.7 Å². The lowest BCUT2D eigenvalue weighted by molar-refractivity contribution is 0.628. The van der Waals surface area contributed by atoms with Crippen molar-refractivity contribution < 1.29 is 4.39 Å². The maximum atomic E-state index is 13.1. The van der Waals surface area contributed by atoms with Gasteiger partial charge in [-0.1, -0.05) is 11.6 Å². The van der Waals surface area contributed by atoms with Crippen molar-refractivity contribution in [3.05, 3.63) is 53.3 Å². The van der Waals surface area contributed by atoms with E-state index < -0.39 is 0 Å². The summed E-state index contributed by atoms with van der Waals surface area (Å²) in [4.78, 5) is 0. The number of halogens is 2. The molecule has 0 radical (unpaired) electrons. The van der Waals surface area contributed by atoms with E-state index in [9.17, 15) is 4.39 Å². The fraction of sp³-hybridized carbons (Fsp3) is 0. The zero-order valence-corrected chi connectivity index (χ0v) is 9.13. The molecule has 0 aliphatic carbocycles. The van der Waals surface area contributed by atoms with Crippen LogP contribution in [0.3, 0.4) is 0 Å². The molecule has 0 heterocycles. The average molecular weight is 237 g/mol. The average Bonchev–Trinajstić information content (AvgIpc) is 2.20. The molecule has 0 bridgehead atoms. The van der Waals surface area contributed by atoms with Gasteiger partial charge in [-0.05, 0) is 42.5 Å². The molecule has 0 saturated carbocycles. The first kappa shape index (κ1) is 10.8. The van der Waals surface area contributed by atoms with E-state index >= 15 is 0 Å². The molecule has 0 aromatic heterocycles. The third kappa shape index (κ3) is 2.64. The zero-order valence-electron chi connectivity index (χ0n) is 8.37. The van der Waals surface area contributed by atoms with Crippen molar-refractivity contribution in [3.8, 4) is 0 Å². The molecule has 0 aliphatic heterocycles. The second kappa shape index (κ2) is 4.41. The Bertz CT molecular complexity index is 477. The van der Waals surface area contributed by atoms with Crippen molar-refractivity contribution in [2.24, 2.45) is 0 Å². The highest BCUT2D eigenvalue weighted by molar-refractivity contribution is 6.30. The summed E-state index contributed by atoms with van der Waals surface area (Å²) in [6.45, 7) is 0. The van der Waals surface area contributed by atoms with Gasteiger partial charge in [0.25, 0.3) is 0 Å². The van der Waals surface area contributed by atoms with Crippen molar-refractivity contribution in [2.75, 3.05) is 11.1 Å². The standard InChI is InChI=1S/C12H10ClFN2/c13-8-5-9(14)7-12(6-8)16-11-3-1-10(15)2-4-11/h1-7,16H,15H2. The number of nitrogens with one attached hydrogen (secondary N) is 1. The van der Waals surface area contributed by atoms with Gasteiger partial charge in [0.2, 0.25) is 0 Å². The second-order valence-corrected chi connectivity index (χ2v) is 3.84. The molecule has 0 saturated heterocycles. The maximum Gasteiger partial charge on any atom is 0.126 e. The highest BCUT2D eigenvalue weighted by Gasteiger charge is 1.99. The molecule has 0 fully saturated rings. The summed E-state index contributed by atoms with van der Waals surface area (Å²) in [5.74, 6) is -0.370. The Hall–Kier alpha value is -1.74. The smallest absolute Gasteiger partial charge is 0.126 e. The Kier molecular flexibility index (Phi) is 2.97. The largest absolute Gasteiger partial charge is 0.399 e. The van der Waals surface area contributed by atoms with E-state index in [0.717, 1.165) is 5.69 Å². The minimum atomic E-state index is -0.370. The predicted molar refractivity (Wildman–Crippen MR) is 65.5 cm³/mol. The molecule has 2 nitrogen and oxygen atoms in total. The Balaban J connectivity index is 2.23. The van der Waals surface area contributed by atoms with Crippen LogP contribution in [0.4, 0.5) is 21.5 Å². The number of hydrogen-bond acceptors (Lipinski definition) is 2. The van der Waals surface area contributed by atoms with Gasteiger partial charge in [0.1, 0.15) is 5.82 Å². The third-order valence-corrected chi connectivity index (χ3v) is 2.28. The SMILES string of the molecule is Nc1ccc(Nc2cc(F)cc(Cl)c2)cc1. The van der Waals surface area contributed by atoms with Gasteiger partial charge in [-0.3, -0.25) is 0 Å². The molecule has 2 aromatic rings. The highest BCUT2D eigenvalue weighted by Crippen LogP contribution is 2.22. The Morgan fingerprint density at radius 1 is 1.00 bits per heavy atom. The molecule has 3 N–H and O–H groups in total. The first-order chi connectivity index (χ1) is 7.63. The molecule has 0 aliphatic rings. The molecular formula is C12H10ClFN2. The van der Waals surface area contributed by atoms with E-state index in [4.69, 9.17) is 17.3 Å². The van der Waals surface area contributed by atoms with E-state index in [1.807, 2.05) is 12.1 Å². The van der Waals surface area contributed by atoms with Gasteiger partial charge in [0.05, 0.1) is 0 Å². The number of nitrogen functional groups attached to an aromatic ring is 1. The van der Waals surface area contributed by atoms with E-state index in [0.29, 0.717) is 16.4 Å². The third-order valence-electron chi connectivity index (χ3n) is 2.06. The van der Waals surface area contributed by atoms with Gasteiger partial charge in [0, 0.05) is 22.1 Å². The Labute approximate surface area is 97.8 Å². The number of nitrogens with two attached hydrogens (primary N) is 1. The molecule has 4 heteroatoms. The van der Waals surface area contributed by atoms with Gasteiger partial charge in [0.15, 0.2) is 0 Å². The molecule has 2 rings (SSSR count). The van der Waals surface area contributed by atoms with Crippen LogP contribution in [0.5, 0.6) is 0 Å².